The number of ether oxygens (including phenoxy) is 2. The molecule has 0 saturated heterocycles. The Labute approximate surface area is 192 Å². The number of aryl methyl sites for hydroxylation is 1. The van der Waals surface area contributed by atoms with Crippen LogP contribution >= 0.6 is 11.3 Å². The highest BCUT2D eigenvalue weighted by atomic mass is 32.2. The standard InChI is InChI=1S/C22H28N2O6S2/c1-29-16-12-10-15(11-13-16)24(32(3,27)28)14-6-9-19(25)23-21-20(22(26)30-2)17-7-4-5-8-18(17)31-21/h10-13H,4-9,14H2,1-3H3,(H,23,25). The second kappa shape index (κ2) is 10.4. The van der Waals surface area contributed by atoms with Gasteiger partial charge in [0.1, 0.15) is 10.8 Å². The first-order chi connectivity index (χ1) is 15.2. The van der Waals surface area contributed by atoms with Crippen molar-refractivity contribution in [1.82, 2.24) is 0 Å². The van der Waals surface area contributed by atoms with E-state index in [4.69, 9.17) is 9.47 Å². The van der Waals surface area contributed by atoms with Gasteiger partial charge in [0, 0.05) is 17.8 Å². The maximum Gasteiger partial charge on any atom is 0.341 e. The van der Waals surface area contributed by atoms with Crippen molar-refractivity contribution in [2.24, 2.45) is 0 Å². The smallest absolute Gasteiger partial charge is 0.341 e. The summed E-state index contributed by atoms with van der Waals surface area (Å²) in [7, 11) is -0.644. The average molecular weight is 481 g/mol. The molecule has 0 atom stereocenters. The van der Waals surface area contributed by atoms with Crippen LogP contribution in [-0.4, -0.2) is 47.3 Å². The Morgan fingerprint density at radius 1 is 1.12 bits per heavy atom. The van der Waals surface area contributed by atoms with E-state index in [1.165, 1.54) is 29.9 Å². The third kappa shape index (κ3) is 5.60. The summed E-state index contributed by atoms with van der Waals surface area (Å²) in [5.41, 5.74) is 1.94. The van der Waals surface area contributed by atoms with E-state index in [-0.39, 0.29) is 18.9 Å². The lowest BCUT2D eigenvalue weighted by Gasteiger charge is -2.22. The minimum atomic E-state index is -3.52. The van der Waals surface area contributed by atoms with Gasteiger partial charge in [-0.05, 0) is 61.9 Å². The number of thiophene rings is 1. The fraction of sp³-hybridized carbons (Fsp3) is 0.455. The second-order valence-corrected chi connectivity index (χ2v) is 10.6. The Morgan fingerprint density at radius 2 is 1.81 bits per heavy atom. The molecule has 3 rings (SSSR count). The summed E-state index contributed by atoms with van der Waals surface area (Å²) in [4.78, 5) is 26.0. The van der Waals surface area contributed by atoms with Gasteiger partial charge < -0.3 is 14.8 Å². The summed E-state index contributed by atoms with van der Waals surface area (Å²) >= 11 is 1.43. The topological polar surface area (TPSA) is 102 Å². The van der Waals surface area contributed by atoms with E-state index in [0.29, 0.717) is 28.4 Å². The number of hydrogen-bond donors (Lipinski definition) is 1. The normalized spacial score (nSPS) is 13.2. The number of carbonyl (C=O) groups is 2. The van der Waals surface area contributed by atoms with Crippen molar-refractivity contribution >= 4 is 43.9 Å². The molecule has 32 heavy (non-hydrogen) atoms. The zero-order chi connectivity index (χ0) is 23.3. The molecular formula is C22H28N2O6S2. The summed E-state index contributed by atoms with van der Waals surface area (Å²) in [6, 6.07) is 6.71. The summed E-state index contributed by atoms with van der Waals surface area (Å²) in [6.07, 6.45) is 5.34. The molecule has 0 unspecified atom stereocenters. The first-order valence-electron chi connectivity index (χ1n) is 10.4. The van der Waals surface area contributed by atoms with E-state index in [1.807, 2.05) is 0 Å². The van der Waals surface area contributed by atoms with Gasteiger partial charge in [-0.2, -0.15) is 0 Å². The van der Waals surface area contributed by atoms with Crippen LogP contribution < -0.4 is 14.4 Å². The molecule has 2 aromatic rings. The van der Waals surface area contributed by atoms with E-state index >= 15 is 0 Å². The molecule has 0 saturated carbocycles. The van der Waals surface area contributed by atoms with Gasteiger partial charge in [0.05, 0.1) is 31.7 Å². The molecule has 10 heteroatoms. The van der Waals surface area contributed by atoms with Crippen molar-refractivity contribution in [2.45, 2.75) is 38.5 Å². The number of anilines is 2. The molecule has 0 spiro atoms. The van der Waals surface area contributed by atoms with Gasteiger partial charge >= 0.3 is 5.97 Å². The van der Waals surface area contributed by atoms with Crippen LogP contribution in [0.25, 0.3) is 0 Å². The SMILES string of the molecule is COC(=O)c1c(NC(=O)CCCN(c2ccc(OC)cc2)S(C)(=O)=O)sc2c1CCCC2. The Hall–Kier alpha value is -2.59. The fourth-order valence-electron chi connectivity index (χ4n) is 3.78. The predicted molar refractivity (Wildman–Crippen MR) is 125 cm³/mol. The first kappa shape index (κ1) is 24.1. The molecule has 0 radical (unpaired) electrons. The molecular weight excluding hydrogens is 452 g/mol. The van der Waals surface area contributed by atoms with Gasteiger partial charge in [0.2, 0.25) is 15.9 Å². The van der Waals surface area contributed by atoms with E-state index < -0.39 is 16.0 Å². The lowest BCUT2D eigenvalue weighted by molar-refractivity contribution is -0.116. The van der Waals surface area contributed by atoms with Gasteiger partial charge in [0.25, 0.3) is 0 Å². The lowest BCUT2D eigenvalue weighted by Crippen LogP contribution is -2.31. The Bertz CT molecular complexity index is 1080. The maximum absolute atomic E-state index is 12.6. The number of fused-ring (bicyclic) bond motifs is 1. The quantitative estimate of drug-likeness (QED) is 0.550. The van der Waals surface area contributed by atoms with Gasteiger partial charge in [-0.3, -0.25) is 9.10 Å². The largest absolute Gasteiger partial charge is 0.497 e. The van der Waals surface area contributed by atoms with Crippen molar-refractivity contribution in [3.63, 3.8) is 0 Å². The van der Waals surface area contributed by atoms with Gasteiger partial charge in [-0.1, -0.05) is 0 Å². The van der Waals surface area contributed by atoms with E-state index in [1.54, 1.807) is 24.3 Å². The van der Waals surface area contributed by atoms with Crippen LogP contribution in [0.2, 0.25) is 0 Å². The van der Waals surface area contributed by atoms with Crippen LogP contribution in [0.1, 0.15) is 46.5 Å². The summed E-state index contributed by atoms with van der Waals surface area (Å²) in [6.45, 7) is 0.156. The number of methoxy groups -OCH3 is 2. The highest BCUT2D eigenvalue weighted by Gasteiger charge is 2.27. The first-order valence-corrected chi connectivity index (χ1v) is 13.1. The Morgan fingerprint density at radius 3 is 2.44 bits per heavy atom. The maximum atomic E-state index is 12.6. The highest BCUT2D eigenvalue weighted by Crippen LogP contribution is 2.38. The molecule has 1 aliphatic rings. The number of esters is 1. The molecule has 1 N–H and O–H groups in total. The monoisotopic (exact) mass is 480 g/mol. The number of nitrogens with zero attached hydrogens (tertiary/aromatic N) is 1. The molecule has 0 bridgehead atoms. The van der Waals surface area contributed by atoms with Gasteiger partial charge in [-0.15, -0.1) is 11.3 Å². The second-order valence-electron chi connectivity index (χ2n) is 7.59. The number of hydrogen-bond acceptors (Lipinski definition) is 7. The molecule has 0 aliphatic heterocycles. The number of nitrogens with one attached hydrogen (secondary N) is 1. The molecule has 8 nitrogen and oxygen atoms in total. The van der Waals surface area contributed by atoms with Crippen molar-refractivity contribution in [2.75, 3.05) is 36.6 Å². The van der Waals surface area contributed by atoms with Crippen LogP contribution in [0.3, 0.4) is 0 Å². The molecule has 1 aromatic heterocycles. The Kier molecular flexibility index (Phi) is 7.78. The molecule has 0 fully saturated rings. The van der Waals surface area contributed by atoms with Crippen molar-refractivity contribution in [3.05, 3.63) is 40.3 Å². The minimum absolute atomic E-state index is 0.116. The highest BCUT2D eigenvalue weighted by molar-refractivity contribution is 7.92. The number of rotatable bonds is 9. The van der Waals surface area contributed by atoms with E-state index in [2.05, 4.69) is 5.32 Å². The predicted octanol–water partition coefficient (Wildman–Crippen LogP) is 3.61. The van der Waals surface area contributed by atoms with Crippen LogP contribution in [0, 0.1) is 0 Å². The third-order valence-electron chi connectivity index (χ3n) is 5.34. The summed E-state index contributed by atoms with van der Waals surface area (Å²) < 4.78 is 35.8. The number of carbonyl (C=O) groups excluding carboxylic acids is 2. The third-order valence-corrected chi connectivity index (χ3v) is 7.74. The van der Waals surface area contributed by atoms with Crippen molar-refractivity contribution in [3.8, 4) is 5.75 Å². The number of benzene rings is 1. The average Bonchev–Trinajstić information content (AvgIpc) is 3.13. The zero-order valence-corrected chi connectivity index (χ0v) is 20.1. The van der Waals surface area contributed by atoms with Gasteiger partial charge in [-0.25, -0.2) is 13.2 Å². The van der Waals surface area contributed by atoms with Gasteiger partial charge in [0.15, 0.2) is 0 Å². The van der Waals surface area contributed by atoms with Crippen LogP contribution in [0.5, 0.6) is 5.75 Å². The Balaban J connectivity index is 1.66. The summed E-state index contributed by atoms with van der Waals surface area (Å²) in [5.74, 6) is -0.0824. The molecule has 174 valence electrons. The van der Waals surface area contributed by atoms with Crippen LogP contribution in [0.15, 0.2) is 24.3 Å². The molecule has 1 amide bonds. The number of amides is 1. The molecule has 1 heterocycles. The lowest BCUT2D eigenvalue weighted by atomic mass is 9.95. The molecule has 1 aliphatic carbocycles. The minimum Gasteiger partial charge on any atom is -0.497 e. The van der Waals surface area contributed by atoms with Crippen LogP contribution in [-0.2, 0) is 32.4 Å². The van der Waals surface area contributed by atoms with Crippen molar-refractivity contribution < 1.29 is 27.5 Å². The van der Waals surface area contributed by atoms with Crippen LogP contribution in [0.4, 0.5) is 10.7 Å². The molecule has 1 aromatic carbocycles. The fourth-order valence-corrected chi connectivity index (χ4v) is 6.04. The zero-order valence-electron chi connectivity index (χ0n) is 18.5. The van der Waals surface area contributed by atoms with Crippen molar-refractivity contribution in [1.29, 1.82) is 0 Å². The van der Waals surface area contributed by atoms with E-state index in [0.717, 1.165) is 42.4 Å². The number of sulfonamides is 1. The summed E-state index contributed by atoms with van der Waals surface area (Å²) in [5, 5.41) is 3.36. The van der Waals surface area contributed by atoms with E-state index in [9.17, 15) is 18.0 Å².